The first-order valence-electron chi connectivity index (χ1n) is 7.99. The Morgan fingerprint density at radius 3 is 2.61 bits per heavy atom. The Kier molecular flexibility index (Phi) is 3.84. The van der Waals surface area contributed by atoms with Crippen LogP contribution in [-0.4, -0.2) is 17.4 Å². The topological polar surface area (TPSA) is 36.1 Å². The maximum Gasteiger partial charge on any atom is 0.259 e. The monoisotopic (exact) mass is 312 g/mol. The smallest absolute Gasteiger partial charge is 0.259 e. The highest BCUT2D eigenvalue weighted by Crippen LogP contribution is 2.38. The Morgan fingerprint density at radius 1 is 1.26 bits per heavy atom. The van der Waals surface area contributed by atoms with Gasteiger partial charge in [-0.2, -0.15) is 0 Å². The van der Waals surface area contributed by atoms with Gasteiger partial charge in [-0.1, -0.05) is 6.92 Å². The molecule has 0 fully saturated rings. The van der Waals surface area contributed by atoms with Crippen molar-refractivity contribution in [1.82, 2.24) is 4.98 Å². The van der Waals surface area contributed by atoms with Crippen LogP contribution in [-0.2, 0) is 11.2 Å². The van der Waals surface area contributed by atoms with Gasteiger partial charge in [-0.3, -0.25) is 4.79 Å². The number of aromatic nitrogens is 1. The average molecular weight is 312 g/mol. The van der Waals surface area contributed by atoms with E-state index in [9.17, 15) is 9.18 Å². The molecule has 0 radical (unpaired) electrons. The molecule has 1 amide bonds. The second-order valence-electron chi connectivity index (χ2n) is 5.89. The van der Waals surface area contributed by atoms with E-state index in [1.54, 1.807) is 11.0 Å². The molecule has 0 unspecified atom stereocenters. The van der Waals surface area contributed by atoms with Crippen LogP contribution in [0.2, 0.25) is 0 Å². The molecule has 0 saturated heterocycles. The van der Waals surface area contributed by atoms with Gasteiger partial charge < -0.3 is 9.88 Å². The van der Waals surface area contributed by atoms with Gasteiger partial charge in [-0.15, -0.1) is 0 Å². The number of amides is 1. The van der Waals surface area contributed by atoms with Crippen molar-refractivity contribution in [3.63, 3.8) is 0 Å². The van der Waals surface area contributed by atoms with Crippen LogP contribution in [0.4, 0.5) is 10.1 Å². The zero-order valence-electron chi connectivity index (χ0n) is 14.0. The molecule has 1 aromatic carbocycles. The molecule has 0 saturated carbocycles. The average Bonchev–Trinajstić information content (AvgIpc) is 2.94. The molecule has 2 aromatic rings. The number of fused-ring (bicyclic) bond motifs is 1. The zero-order chi connectivity index (χ0) is 16.7. The number of rotatable bonds is 3. The number of anilines is 1. The zero-order valence-corrected chi connectivity index (χ0v) is 14.0. The Balaban J connectivity index is 2.17. The van der Waals surface area contributed by atoms with Gasteiger partial charge in [-0.25, -0.2) is 4.39 Å². The van der Waals surface area contributed by atoms with E-state index in [4.69, 9.17) is 0 Å². The molecule has 1 N–H and O–H groups in total. The third kappa shape index (κ3) is 2.38. The molecule has 0 bridgehead atoms. The molecule has 1 aromatic heterocycles. The van der Waals surface area contributed by atoms with E-state index in [0.717, 1.165) is 29.1 Å². The molecule has 3 nitrogen and oxygen atoms in total. The van der Waals surface area contributed by atoms with Gasteiger partial charge in [0, 0.05) is 23.5 Å². The number of carbonyl (C=O) groups excluding carboxylic acids is 1. The normalized spacial score (nSPS) is 15.6. The summed E-state index contributed by atoms with van der Waals surface area (Å²) >= 11 is 0. The quantitative estimate of drug-likeness (QED) is 0.846. The Labute approximate surface area is 135 Å². The van der Waals surface area contributed by atoms with E-state index >= 15 is 0 Å². The number of nitrogens with one attached hydrogen (secondary N) is 1. The van der Waals surface area contributed by atoms with Crippen molar-refractivity contribution in [2.24, 2.45) is 0 Å². The van der Waals surface area contributed by atoms with Crippen LogP contribution in [0, 0.1) is 19.7 Å². The van der Waals surface area contributed by atoms with Gasteiger partial charge in [0.15, 0.2) is 0 Å². The van der Waals surface area contributed by atoms with Crippen LogP contribution < -0.4 is 4.90 Å². The number of benzene rings is 1. The van der Waals surface area contributed by atoms with E-state index in [2.05, 4.69) is 18.8 Å². The lowest BCUT2D eigenvalue weighted by Gasteiger charge is -2.13. The molecular formula is C19H21FN2O. The van der Waals surface area contributed by atoms with Crippen LogP contribution in [0.5, 0.6) is 0 Å². The van der Waals surface area contributed by atoms with Crippen LogP contribution in [0.1, 0.15) is 41.9 Å². The van der Waals surface area contributed by atoms with E-state index in [0.29, 0.717) is 17.7 Å². The fraction of sp³-hybridized carbons (Fsp3) is 0.316. The second-order valence-corrected chi connectivity index (χ2v) is 5.89. The van der Waals surface area contributed by atoms with E-state index in [1.165, 1.54) is 17.7 Å². The molecule has 3 rings (SSSR count). The number of carbonyl (C=O) groups is 1. The summed E-state index contributed by atoms with van der Waals surface area (Å²) in [5.41, 5.74) is 6.47. The fourth-order valence-electron chi connectivity index (χ4n) is 3.42. The molecule has 0 atom stereocenters. The molecule has 120 valence electrons. The van der Waals surface area contributed by atoms with Gasteiger partial charge in [0.1, 0.15) is 5.82 Å². The number of hydrogen-bond donors (Lipinski definition) is 1. The standard InChI is InChI=1S/C19H21FN2O/c1-5-14-11(3)17(21-12(14)4)10-16-15-9-13(20)7-8-18(15)22(6-2)19(16)23/h7-10,21H,5-6H2,1-4H3/b16-10-. The molecule has 1 aliphatic rings. The number of halogens is 1. The second kappa shape index (κ2) is 5.69. The Bertz CT molecular complexity index is 817. The maximum absolute atomic E-state index is 13.7. The summed E-state index contributed by atoms with van der Waals surface area (Å²) in [5, 5.41) is 0. The van der Waals surface area contributed by atoms with E-state index in [1.807, 2.05) is 19.9 Å². The summed E-state index contributed by atoms with van der Waals surface area (Å²) in [7, 11) is 0. The fourth-order valence-corrected chi connectivity index (χ4v) is 3.42. The summed E-state index contributed by atoms with van der Waals surface area (Å²) in [6.45, 7) is 8.70. The predicted octanol–water partition coefficient (Wildman–Crippen LogP) is 4.24. The van der Waals surface area contributed by atoms with Crippen LogP contribution >= 0.6 is 0 Å². The molecule has 0 aliphatic carbocycles. The predicted molar refractivity (Wildman–Crippen MR) is 91.9 cm³/mol. The number of hydrogen-bond acceptors (Lipinski definition) is 1. The van der Waals surface area contributed by atoms with E-state index < -0.39 is 0 Å². The highest BCUT2D eigenvalue weighted by atomic mass is 19.1. The van der Waals surface area contributed by atoms with Crippen LogP contribution in [0.3, 0.4) is 0 Å². The van der Waals surface area contributed by atoms with Gasteiger partial charge >= 0.3 is 0 Å². The Hall–Kier alpha value is -2.36. The summed E-state index contributed by atoms with van der Waals surface area (Å²) in [4.78, 5) is 17.7. The van der Waals surface area contributed by atoms with Crippen molar-refractivity contribution >= 4 is 23.2 Å². The molecule has 1 aliphatic heterocycles. The van der Waals surface area contributed by atoms with Gasteiger partial charge in [0.25, 0.3) is 5.91 Å². The largest absolute Gasteiger partial charge is 0.359 e. The first kappa shape index (κ1) is 15.5. The lowest BCUT2D eigenvalue weighted by molar-refractivity contribution is -0.112. The SMILES string of the molecule is CCc1c(C)[nH]c(/C=C2\C(=O)N(CC)c3ccc(F)cc32)c1C. The lowest BCUT2D eigenvalue weighted by Crippen LogP contribution is -2.25. The van der Waals surface area contributed by atoms with E-state index in [-0.39, 0.29) is 11.7 Å². The van der Waals surface area contributed by atoms with Gasteiger partial charge in [0.2, 0.25) is 0 Å². The van der Waals surface area contributed by atoms with Crippen molar-refractivity contribution in [1.29, 1.82) is 0 Å². The maximum atomic E-state index is 13.7. The summed E-state index contributed by atoms with van der Waals surface area (Å²) in [6, 6.07) is 4.52. The van der Waals surface area contributed by atoms with Crippen LogP contribution in [0.15, 0.2) is 18.2 Å². The minimum Gasteiger partial charge on any atom is -0.359 e. The Morgan fingerprint density at radius 2 is 2.00 bits per heavy atom. The van der Waals surface area contributed by atoms with Crippen molar-refractivity contribution in [2.45, 2.75) is 34.1 Å². The number of H-pyrrole nitrogens is 1. The highest BCUT2D eigenvalue weighted by Gasteiger charge is 2.31. The van der Waals surface area contributed by atoms with Crippen molar-refractivity contribution in [3.8, 4) is 0 Å². The molecule has 4 heteroatoms. The van der Waals surface area contributed by atoms with Crippen molar-refractivity contribution in [2.75, 3.05) is 11.4 Å². The number of aromatic amines is 1. The number of likely N-dealkylation sites (N-methyl/N-ethyl adjacent to an activating group) is 1. The van der Waals surface area contributed by atoms with Gasteiger partial charge in [-0.05, 0) is 62.6 Å². The number of aryl methyl sites for hydroxylation is 1. The minimum atomic E-state index is -0.325. The third-order valence-corrected chi connectivity index (χ3v) is 4.61. The molecular weight excluding hydrogens is 291 g/mol. The van der Waals surface area contributed by atoms with Crippen LogP contribution in [0.25, 0.3) is 11.6 Å². The molecule has 23 heavy (non-hydrogen) atoms. The summed E-state index contributed by atoms with van der Waals surface area (Å²) in [5.74, 6) is -0.396. The third-order valence-electron chi connectivity index (χ3n) is 4.61. The highest BCUT2D eigenvalue weighted by molar-refractivity contribution is 6.35. The molecule has 0 spiro atoms. The molecule has 2 heterocycles. The lowest BCUT2D eigenvalue weighted by atomic mass is 10.0. The first-order valence-corrected chi connectivity index (χ1v) is 7.99. The first-order chi connectivity index (χ1) is 11.0. The van der Waals surface area contributed by atoms with Gasteiger partial charge in [0.05, 0.1) is 11.3 Å². The van der Waals surface area contributed by atoms with Crippen molar-refractivity contribution in [3.05, 3.63) is 52.1 Å². The minimum absolute atomic E-state index is 0.0715. The summed E-state index contributed by atoms with van der Waals surface area (Å²) < 4.78 is 13.7. The van der Waals surface area contributed by atoms with Crippen molar-refractivity contribution < 1.29 is 9.18 Å². The number of nitrogens with zero attached hydrogens (tertiary/aromatic N) is 1. The summed E-state index contributed by atoms with van der Waals surface area (Å²) in [6.07, 6.45) is 2.80.